The molecule has 2 N–H and O–H groups in total. The summed E-state index contributed by atoms with van der Waals surface area (Å²) in [7, 11) is 1.49. The summed E-state index contributed by atoms with van der Waals surface area (Å²) >= 11 is 0. The van der Waals surface area contributed by atoms with Crippen molar-refractivity contribution < 1.29 is 37.3 Å². The molecule has 412 valence electrons. The minimum atomic E-state index is -4.45. The Morgan fingerprint density at radius 3 is 1.27 bits per heavy atom. The molecule has 1 amide bonds. The molecule has 3 unspecified atom stereocenters. The SMILES string of the molecule is CCCCCCCCC/C=C/C=C/CCCCCC(=O)NC(COP(=O)(O)OCC[N+](C)(C)C)C(/C=C/CCCCCCCCCCC)OC(=O)CCCCCCCCCCCCCCCCCCC. The fraction of sp³-hybridized carbons (Fsp3) is 0.867. The van der Waals surface area contributed by atoms with Gasteiger partial charge in [0.25, 0.3) is 0 Å². The van der Waals surface area contributed by atoms with Crippen molar-refractivity contribution in [3.8, 4) is 0 Å². The first-order chi connectivity index (χ1) is 33.9. The fourth-order valence-electron chi connectivity index (χ4n) is 8.70. The predicted molar refractivity (Wildman–Crippen MR) is 300 cm³/mol. The van der Waals surface area contributed by atoms with Crippen molar-refractivity contribution >= 4 is 19.7 Å². The van der Waals surface area contributed by atoms with Crippen LogP contribution < -0.4 is 5.32 Å². The van der Waals surface area contributed by atoms with Crippen LogP contribution in [0.2, 0.25) is 0 Å². The van der Waals surface area contributed by atoms with Crippen molar-refractivity contribution in [2.75, 3.05) is 40.9 Å². The smallest absolute Gasteiger partial charge is 0.456 e. The molecule has 0 saturated heterocycles. The third-order valence-corrected chi connectivity index (χ3v) is 14.3. The zero-order valence-electron chi connectivity index (χ0n) is 47.0. The van der Waals surface area contributed by atoms with Gasteiger partial charge in [0.05, 0.1) is 33.8 Å². The molecular formula is C60H116N2O7P+. The van der Waals surface area contributed by atoms with Gasteiger partial charge in [0.2, 0.25) is 5.91 Å². The molecule has 0 heterocycles. The van der Waals surface area contributed by atoms with Crippen LogP contribution in [0, 0.1) is 0 Å². The summed E-state index contributed by atoms with van der Waals surface area (Å²) in [5.74, 6) is -0.525. The van der Waals surface area contributed by atoms with Gasteiger partial charge in [-0.25, -0.2) is 4.57 Å². The Bertz CT molecular complexity index is 1300. The zero-order valence-corrected chi connectivity index (χ0v) is 47.9. The average molecular weight is 1010 g/mol. The van der Waals surface area contributed by atoms with Crippen LogP contribution in [0.4, 0.5) is 0 Å². The van der Waals surface area contributed by atoms with Crippen LogP contribution in [-0.4, -0.2) is 74.3 Å². The van der Waals surface area contributed by atoms with Crippen LogP contribution in [0.3, 0.4) is 0 Å². The lowest BCUT2D eigenvalue weighted by Crippen LogP contribution is -2.47. The summed E-state index contributed by atoms with van der Waals surface area (Å²) in [5.41, 5.74) is 0. The molecule has 10 heteroatoms. The van der Waals surface area contributed by atoms with E-state index in [1.54, 1.807) is 0 Å². The quantitative estimate of drug-likeness (QED) is 0.0156. The monoisotopic (exact) mass is 1010 g/mol. The number of nitrogens with one attached hydrogen (secondary N) is 1. The maximum atomic E-state index is 13.5. The predicted octanol–water partition coefficient (Wildman–Crippen LogP) is 17.9. The minimum Gasteiger partial charge on any atom is -0.456 e. The summed E-state index contributed by atoms with van der Waals surface area (Å²) in [6.07, 6.45) is 60.0. The van der Waals surface area contributed by atoms with E-state index in [1.807, 2.05) is 33.3 Å². The number of ether oxygens (including phenoxy) is 1. The number of phosphoric ester groups is 1. The maximum absolute atomic E-state index is 13.5. The Hall–Kier alpha value is -1.77. The second kappa shape index (κ2) is 50.7. The molecule has 70 heavy (non-hydrogen) atoms. The Balaban J connectivity index is 5.30. The Kier molecular flexibility index (Phi) is 49.5. The van der Waals surface area contributed by atoms with Crippen molar-refractivity contribution in [3.63, 3.8) is 0 Å². The molecule has 0 aliphatic heterocycles. The Morgan fingerprint density at radius 1 is 0.500 bits per heavy atom. The van der Waals surface area contributed by atoms with Crippen molar-refractivity contribution in [3.05, 3.63) is 36.5 Å². The molecule has 0 aliphatic rings. The molecular weight excluding hydrogens is 892 g/mol. The van der Waals surface area contributed by atoms with Crippen molar-refractivity contribution in [1.82, 2.24) is 5.32 Å². The Labute approximate surface area is 434 Å². The number of hydrogen-bond acceptors (Lipinski definition) is 6. The van der Waals surface area contributed by atoms with Gasteiger partial charge < -0.3 is 19.4 Å². The highest BCUT2D eigenvalue weighted by atomic mass is 31.2. The minimum absolute atomic E-state index is 0.0372. The number of unbranched alkanes of at least 4 members (excludes halogenated alkanes) is 35. The van der Waals surface area contributed by atoms with E-state index in [2.05, 4.69) is 50.4 Å². The summed E-state index contributed by atoms with van der Waals surface area (Å²) in [6, 6.07) is -0.857. The summed E-state index contributed by atoms with van der Waals surface area (Å²) < 4.78 is 30.6. The number of esters is 1. The van der Waals surface area contributed by atoms with E-state index in [9.17, 15) is 19.0 Å². The number of quaternary nitrogens is 1. The lowest BCUT2D eigenvalue weighted by atomic mass is 10.0. The van der Waals surface area contributed by atoms with Crippen LogP contribution in [0.25, 0.3) is 0 Å². The maximum Gasteiger partial charge on any atom is 0.472 e. The number of carbonyl (C=O) groups is 2. The number of allylic oxidation sites excluding steroid dienone is 5. The normalized spacial score (nSPS) is 14.0. The number of phosphoric acid groups is 1. The van der Waals surface area contributed by atoms with E-state index in [1.165, 1.54) is 180 Å². The van der Waals surface area contributed by atoms with E-state index in [4.69, 9.17) is 13.8 Å². The molecule has 0 aromatic heterocycles. The number of likely N-dealkylation sites (N-methyl/N-ethyl adjacent to an activating group) is 1. The summed E-state index contributed by atoms with van der Waals surface area (Å²) in [4.78, 5) is 37.6. The van der Waals surface area contributed by atoms with Crippen molar-refractivity contribution in [2.45, 2.75) is 296 Å². The number of carbonyl (C=O) groups excluding carboxylic acids is 2. The fourth-order valence-corrected chi connectivity index (χ4v) is 9.43. The second-order valence-electron chi connectivity index (χ2n) is 21.6. The molecule has 3 atom stereocenters. The lowest BCUT2D eigenvalue weighted by molar-refractivity contribution is -0.870. The van der Waals surface area contributed by atoms with Gasteiger partial charge in [0.15, 0.2) is 0 Å². The van der Waals surface area contributed by atoms with Gasteiger partial charge in [0.1, 0.15) is 19.3 Å². The van der Waals surface area contributed by atoms with Crippen LogP contribution in [0.5, 0.6) is 0 Å². The number of nitrogens with zero attached hydrogens (tertiary/aromatic N) is 1. The molecule has 0 aromatic carbocycles. The van der Waals surface area contributed by atoms with Gasteiger partial charge in [-0.05, 0) is 57.4 Å². The van der Waals surface area contributed by atoms with E-state index in [0.29, 0.717) is 30.3 Å². The summed E-state index contributed by atoms with van der Waals surface area (Å²) in [5, 5.41) is 3.04. The zero-order chi connectivity index (χ0) is 51.5. The van der Waals surface area contributed by atoms with Crippen molar-refractivity contribution in [1.29, 1.82) is 0 Å². The average Bonchev–Trinajstić information content (AvgIpc) is 3.32. The third kappa shape index (κ3) is 51.1. The van der Waals surface area contributed by atoms with Gasteiger partial charge >= 0.3 is 13.8 Å². The molecule has 0 spiro atoms. The van der Waals surface area contributed by atoms with E-state index < -0.39 is 20.0 Å². The lowest BCUT2D eigenvalue weighted by Gasteiger charge is -2.27. The van der Waals surface area contributed by atoms with Gasteiger partial charge in [-0.3, -0.25) is 18.6 Å². The van der Waals surface area contributed by atoms with Crippen LogP contribution in [0.1, 0.15) is 284 Å². The first-order valence-electron chi connectivity index (χ1n) is 29.8. The van der Waals surface area contributed by atoms with Gasteiger partial charge in [-0.1, -0.05) is 250 Å². The molecule has 0 rings (SSSR count). The molecule has 0 bridgehead atoms. The first kappa shape index (κ1) is 68.2. The molecule has 0 aliphatic carbocycles. The van der Waals surface area contributed by atoms with Crippen LogP contribution >= 0.6 is 7.82 Å². The van der Waals surface area contributed by atoms with Crippen LogP contribution in [-0.2, 0) is 27.9 Å². The van der Waals surface area contributed by atoms with E-state index in [0.717, 1.165) is 64.2 Å². The molecule has 0 saturated carbocycles. The Morgan fingerprint density at radius 2 is 0.857 bits per heavy atom. The highest BCUT2D eigenvalue weighted by molar-refractivity contribution is 7.47. The second-order valence-corrected chi connectivity index (χ2v) is 23.0. The summed E-state index contributed by atoms with van der Waals surface area (Å²) in [6.45, 7) is 7.00. The van der Waals surface area contributed by atoms with Gasteiger partial charge in [-0.15, -0.1) is 0 Å². The van der Waals surface area contributed by atoms with Gasteiger partial charge in [0, 0.05) is 12.8 Å². The largest absolute Gasteiger partial charge is 0.472 e. The number of rotatable bonds is 54. The van der Waals surface area contributed by atoms with E-state index in [-0.39, 0.29) is 25.1 Å². The standard InChI is InChI=1S/C60H115N2O7P/c1-7-10-13-16-19-22-25-27-29-31-33-35-38-41-44-47-50-53-60(64)69-58(51-48-45-42-39-36-24-21-18-15-12-9-3)57(56-68-70(65,66)67-55-54-62(4,5)6)61-59(63)52-49-46-43-40-37-34-32-30-28-26-23-20-17-14-11-8-2/h30,32,34,37,48,51,57-58H,7-29,31,33,35-36,38-47,49-50,52-56H2,1-6H3,(H-,61,63,65,66)/p+1/b32-30+,37-34+,51-48+. The topological polar surface area (TPSA) is 111 Å². The highest BCUT2D eigenvalue weighted by Gasteiger charge is 2.30. The van der Waals surface area contributed by atoms with E-state index >= 15 is 0 Å². The van der Waals surface area contributed by atoms with Gasteiger partial charge in [-0.2, -0.15) is 0 Å². The third-order valence-electron chi connectivity index (χ3n) is 13.4. The number of amides is 1. The molecule has 0 radical (unpaired) electrons. The highest BCUT2D eigenvalue weighted by Crippen LogP contribution is 2.43. The molecule has 0 aromatic rings. The molecule has 9 nitrogen and oxygen atoms in total. The molecule has 0 fully saturated rings. The van der Waals surface area contributed by atoms with Crippen molar-refractivity contribution in [2.24, 2.45) is 0 Å². The number of hydrogen-bond donors (Lipinski definition) is 2. The first-order valence-corrected chi connectivity index (χ1v) is 31.3. The van der Waals surface area contributed by atoms with Crippen LogP contribution in [0.15, 0.2) is 36.5 Å².